The van der Waals surface area contributed by atoms with Gasteiger partial charge in [0.1, 0.15) is 13.2 Å². The minimum Gasteiger partial charge on any atom is -0.462 e. The van der Waals surface area contributed by atoms with E-state index < -0.39 is 6.10 Å². The predicted molar refractivity (Wildman–Crippen MR) is 274 cm³/mol. The molecule has 0 N–H and O–H groups in total. The van der Waals surface area contributed by atoms with E-state index >= 15 is 0 Å². The highest BCUT2D eigenvalue weighted by Gasteiger charge is 2.19. The summed E-state index contributed by atoms with van der Waals surface area (Å²) in [6.45, 7) is 6.47. The number of allylic oxidation sites excluding steroid dienone is 12. The lowest BCUT2D eigenvalue weighted by molar-refractivity contribution is -0.167. The van der Waals surface area contributed by atoms with Gasteiger partial charge in [-0.3, -0.25) is 14.4 Å². The van der Waals surface area contributed by atoms with Crippen LogP contribution in [0.3, 0.4) is 0 Å². The summed E-state index contributed by atoms with van der Waals surface area (Å²) in [7, 11) is 0. The van der Waals surface area contributed by atoms with Crippen LogP contribution < -0.4 is 0 Å². The van der Waals surface area contributed by atoms with Crippen LogP contribution in [0.25, 0.3) is 0 Å². The maximum absolute atomic E-state index is 12.8. The second-order valence-electron chi connectivity index (χ2n) is 17.7. The van der Waals surface area contributed by atoms with Gasteiger partial charge in [0.2, 0.25) is 0 Å². The van der Waals surface area contributed by atoms with E-state index in [4.69, 9.17) is 14.2 Å². The average molecular weight is 893 g/mol. The highest BCUT2D eigenvalue weighted by molar-refractivity contribution is 5.71. The maximum Gasteiger partial charge on any atom is 0.306 e. The Bertz CT molecular complexity index is 1210. The molecule has 0 radical (unpaired) electrons. The largest absolute Gasteiger partial charge is 0.462 e. The maximum atomic E-state index is 12.8. The van der Waals surface area contributed by atoms with Crippen LogP contribution in [0, 0.1) is 0 Å². The van der Waals surface area contributed by atoms with Crippen LogP contribution in [0.2, 0.25) is 0 Å². The highest BCUT2D eigenvalue weighted by atomic mass is 16.6. The molecule has 0 saturated heterocycles. The molecule has 6 nitrogen and oxygen atoms in total. The van der Waals surface area contributed by atoms with E-state index in [1.54, 1.807) is 0 Å². The first kappa shape index (κ1) is 60.9. The summed E-state index contributed by atoms with van der Waals surface area (Å²) in [4.78, 5) is 38.0. The molecule has 0 aromatic heterocycles. The number of esters is 3. The van der Waals surface area contributed by atoms with Gasteiger partial charge >= 0.3 is 17.9 Å². The third-order valence-electron chi connectivity index (χ3n) is 11.4. The topological polar surface area (TPSA) is 78.9 Å². The Morgan fingerprint density at radius 1 is 0.328 bits per heavy atom. The first-order chi connectivity index (χ1) is 31.5. The molecule has 1 unspecified atom stereocenters. The van der Waals surface area contributed by atoms with E-state index in [2.05, 4.69) is 93.7 Å². The first-order valence-corrected chi connectivity index (χ1v) is 26.9. The molecule has 0 heterocycles. The van der Waals surface area contributed by atoms with Gasteiger partial charge in [-0.05, 0) is 109 Å². The predicted octanol–water partition coefficient (Wildman–Crippen LogP) is 17.8. The van der Waals surface area contributed by atoms with Crippen molar-refractivity contribution >= 4 is 17.9 Å². The lowest BCUT2D eigenvalue weighted by Gasteiger charge is -2.18. The van der Waals surface area contributed by atoms with E-state index in [1.807, 2.05) is 0 Å². The third-order valence-corrected chi connectivity index (χ3v) is 11.4. The second-order valence-corrected chi connectivity index (χ2v) is 17.7. The zero-order valence-corrected chi connectivity index (χ0v) is 42.0. The van der Waals surface area contributed by atoms with Crippen LogP contribution in [-0.4, -0.2) is 37.2 Å². The van der Waals surface area contributed by atoms with Crippen molar-refractivity contribution < 1.29 is 28.6 Å². The van der Waals surface area contributed by atoms with E-state index in [0.29, 0.717) is 19.3 Å². The van der Waals surface area contributed by atoms with Crippen LogP contribution >= 0.6 is 0 Å². The zero-order valence-electron chi connectivity index (χ0n) is 42.0. The average Bonchev–Trinajstić information content (AvgIpc) is 3.29. The minimum atomic E-state index is -0.785. The lowest BCUT2D eigenvalue weighted by atomic mass is 10.1. The summed E-state index contributed by atoms with van der Waals surface area (Å²) in [5, 5.41) is 0. The third kappa shape index (κ3) is 49.9. The molecule has 0 fully saturated rings. The smallest absolute Gasteiger partial charge is 0.306 e. The van der Waals surface area contributed by atoms with Crippen molar-refractivity contribution in [2.75, 3.05) is 13.2 Å². The molecule has 64 heavy (non-hydrogen) atoms. The summed E-state index contributed by atoms with van der Waals surface area (Å²) in [6, 6.07) is 0. The van der Waals surface area contributed by atoms with E-state index in [1.165, 1.54) is 109 Å². The zero-order chi connectivity index (χ0) is 46.5. The first-order valence-electron chi connectivity index (χ1n) is 26.9. The van der Waals surface area contributed by atoms with Gasteiger partial charge in [-0.15, -0.1) is 0 Å². The Kier molecular flexibility index (Phi) is 49.9. The molecular formula is C58H100O6. The van der Waals surface area contributed by atoms with Crippen LogP contribution in [0.5, 0.6) is 0 Å². The molecule has 0 rings (SSSR count). The molecule has 0 aromatic carbocycles. The molecule has 0 aliphatic rings. The number of unbranched alkanes of at least 4 members (excludes halogenated alkanes) is 25. The minimum absolute atomic E-state index is 0.0853. The van der Waals surface area contributed by atoms with Crippen molar-refractivity contribution in [3.63, 3.8) is 0 Å². The Morgan fingerprint density at radius 3 is 1.00 bits per heavy atom. The van der Waals surface area contributed by atoms with Crippen molar-refractivity contribution in [3.05, 3.63) is 72.9 Å². The van der Waals surface area contributed by atoms with Gasteiger partial charge in [-0.2, -0.15) is 0 Å². The number of carbonyl (C=O) groups is 3. The standard InChI is InChI=1S/C58H100O6/c1-4-7-10-13-16-19-22-25-26-27-28-29-30-31-32-34-36-39-42-45-48-51-57(60)63-54-55(53-62-56(59)50-47-44-41-38-35-24-21-18-15-12-9-6-3)64-58(61)52-49-46-43-40-37-33-23-20-17-14-11-8-5-2/h7,10,16,18-21,23,25-26,28-29,55H,4-6,8-9,11-15,17,22,24,27,30-54H2,1-3H3/b10-7-,19-16-,21-18-,23-20-,26-25-,29-28-. The second kappa shape index (κ2) is 52.5. The molecular weight excluding hydrogens is 793 g/mol. The quantitative estimate of drug-likeness (QED) is 0.0262. The van der Waals surface area contributed by atoms with Crippen LogP contribution in [0.15, 0.2) is 72.9 Å². The SMILES string of the molecule is CC/C=C\C/C=C\C/C=C\C/C=C\CCCCCCCCCCC(=O)OCC(COC(=O)CCCCCCC/C=C\CCCCC)OC(=O)CCCCCCC/C=C\CCCCCC. The lowest BCUT2D eigenvalue weighted by Crippen LogP contribution is -2.30. The molecule has 368 valence electrons. The van der Waals surface area contributed by atoms with E-state index in [-0.39, 0.29) is 31.1 Å². The van der Waals surface area contributed by atoms with Gasteiger partial charge in [0, 0.05) is 19.3 Å². The molecule has 0 spiro atoms. The Morgan fingerprint density at radius 2 is 0.609 bits per heavy atom. The van der Waals surface area contributed by atoms with Crippen LogP contribution in [-0.2, 0) is 28.6 Å². The molecule has 0 aliphatic carbocycles. The van der Waals surface area contributed by atoms with Gasteiger partial charge in [0.15, 0.2) is 6.10 Å². The van der Waals surface area contributed by atoms with Crippen LogP contribution in [0.1, 0.15) is 258 Å². The molecule has 0 bridgehead atoms. The van der Waals surface area contributed by atoms with E-state index in [9.17, 15) is 14.4 Å². The van der Waals surface area contributed by atoms with Crippen molar-refractivity contribution in [2.24, 2.45) is 0 Å². The van der Waals surface area contributed by atoms with Crippen molar-refractivity contribution in [1.29, 1.82) is 0 Å². The number of hydrogen-bond donors (Lipinski definition) is 0. The van der Waals surface area contributed by atoms with Crippen molar-refractivity contribution in [3.8, 4) is 0 Å². The molecule has 6 heteroatoms. The Balaban J connectivity index is 4.35. The van der Waals surface area contributed by atoms with Gasteiger partial charge in [0.25, 0.3) is 0 Å². The monoisotopic (exact) mass is 893 g/mol. The normalized spacial score (nSPS) is 12.6. The number of ether oxygens (including phenoxy) is 3. The summed E-state index contributed by atoms with van der Waals surface area (Å²) in [5.41, 5.74) is 0. The molecule has 0 aromatic rings. The molecule has 1 atom stereocenters. The molecule has 0 saturated carbocycles. The summed E-state index contributed by atoms with van der Waals surface area (Å²) in [6.07, 6.45) is 66.0. The van der Waals surface area contributed by atoms with Gasteiger partial charge < -0.3 is 14.2 Å². The number of carbonyl (C=O) groups excluding carboxylic acids is 3. The highest BCUT2D eigenvalue weighted by Crippen LogP contribution is 2.14. The van der Waals surface area contributed by atoms with Crippen molar-refractivity contribution in [2.45, 2.75) is 264 Å². The summed E-state index contributed by atoms with van der Waals surface area (Å²) in [5.74, 6) is -0.908. The summed E-state index contributed by atoms with van der Waals surface area (Å²) < 4.78 is 16.8. The number of rotatable bonds is 48. The fourth-order valence-corrected chi connectivity index (χ4v) is 7.36. The fourth-order valence-electron chi connectivity index (χ4n) is 7.36. The van der Waals surface area contributed by atoms with Gasteiger partial charge in [-0.1, -0.05) is 203 Å². The molecule has 0 amide bonds. The van der Waals surface area contributed by atoms with Crippen molar-refractivity contribution in [1.82, 2.24) is 0 Å². The van der Waals surface area contributed by atoms with Crippen LogP contribution in [0.4, 0.5) is 0 Å². The Labute approximate surface area is 395 Å². The van der Waals surface area contributed by atoms with E-state index in [0.717, 1.165) is 109 Å². The summed E-state index contributed by atoms with van der Waals surface area (Å²) >= 11 is 0. The Hall–Kier alpha value is -3.15. The van der Waals surface area contributed by atoms with Gasteiger partial charge in [0.05, 0.1) is 0 Å². The number of hydrogen-bond acceptors (Lipinski definition) is 6. The molecule has 0 aliphatic heterocycles. The fraction of sp³-hybridized carbons (Fsp3) is 0.741. The van der Waals surface area contributed by atoms with Gasteiger partial charge in [-0.25, -0.2) is 0 Å².